The van der Waals surface area contributed by atoms with Gasteiger partial charge in [0.25, 0.3) is 0 Å². The van der Waals surface area contributed by atoms with E-state index in [1.165, 1.54) is 12.1 Å². The Morgan fingerprint density at radius 3 is 2.08 bits per heavy atom. The van der Waals surface area contributed by atoms with Crippen LogP contribution >= 0.6 is 0 Å². The molecule has 0 radical (unpaired) electrons. The Hall–Kier alpha value is -2.45. The average molecular weight is 532 g/mol. The lowest BCUT2D eigenvalue weighted by molar-refractivity contribution is -0.193. The minimum atomic E-state index is -5.08. The Bertz CT molecular complexity index is 817. The summed E-state index contributed by atoms with van der Waals surface area (Å²) in [6.45, 7) is 7.01. The van der Waals surface area contributed by atoms with E-state index in [1.54, 1.807) is 7.11 Å². The molecule has 2 saturated heterocycles. The van der Waals surface area contributed by atoms with Crippen LogP contribution in [0.1, 0.15) is 37.1 Å². The topological polar surface area (TPSA) is 109 Å². The molecular weight excluding hydrogens is 502 g/mol. The predicted octanol–water partition coefficient (Wildman–Crippen LogP) is 4.06. The van der Waals surface area contributed by atoms with Crippen LogP contribution < -0.4 is 0 Å². The lowest BCUT2D eigenvalue weighted by Gasteiger charge is -2.42. The number of carboxylic acids is 2. The van der Waals surface area contributed by atoms with E-state index in [0.717, 1.165) is 57.8 Å². The molecular formula is C22H30F6N2O6. The van der Waals surface area contributed by atoms with Crippen LogP contribution in [0.4, 0.5) is 26.3 Å². The number of pyridine rings is 1. The number of hydrogen-bond acceptors (Lipinski definition) is 6. The molecule has 8 nitrogen and oxygen atoms in total. The summed E-state index contributed by atoms with van der Waals surface area (Å²) in [4.78, 5) is 24.9. The van der Waals surface area contributed by atoms with Crippen molar-refractivity contribution in [3.63, 3.8) is 0 Å². The Morgan fingerprint density at radius 1 is 1.11 bits per heavy atom. The Balaban J connectivity index is 0.000000383. The summed E-state index contributed by atoms with van der Waals surface area (Å²) >= 11 is 0. The van der Waals surface area contributed by atoms with Crippen LogP contribution in [0.25, 0.3) is 0 Å². The number of aryl methyl sites for hydroxylation is 1. The van der Waals surface area contributed by atoms with Gasteiger partial charge in [-0.25, -0.2) is 9.59 Å². The van der Waals surface area contributed by atoms with Gasteiger partial charge in [0.2, 0.25) is 0 Å². The van der Waals surface area contributed by atoms with E-state index in [0.29, 0.717) is 5.92 Å². The number of alkyl halides is 6. The second-order valence-electron chi connectivity index (χ2n) is 8.33. The first-order chi connectivity index (χ1) is 16.6. The molecule has 1 aromatic heterocycles. The normalized spacial score (nSPS) is 19.6. The van der Waals surface area contributed by atoms with Gasteiger partial charge in [0, 0.05) is 45.7 Å². The smallest absolute Gasteiger partial charge is 0.475 e. The maximum absolute atomic E-state index is 10.6. The summed E-state index contributed by atoms with van der Waals surface area (Å²) in [5, 5.41) is 14.2. The highest BCUT2D eigenvalue weighted by Crippen LogP contribution is 2.42. The van der Waals surface area contributed by atoms with Gasteiger partial charge < -0.3 is 19.7 Å². The third kappa shape index (κ3) is 10.7. The monoisotopic (exact) mass is 532 g/mol. The number of ether oxygens (including phenoxy) is 2. The van der Waals surface area contributed by atoms with E-state index in [1.807, 2.05) is 0 Å². The molecule has 206 valence electrons. The molecule has 0 aromatic carbocycles. The summed E-state index contributed by atoms with van der Waals surface area (Å²) in [7, 11) is 1.79. The van der Waals surface area contributed by atoms with Crippen molar-refractivity contribution < 1.29 is 55.6 Å². The van der Waals surface area contributed by atoms with E-state index < -0.39 is 24.3 Å². The van der Waals surface area contributed by atoms with Gasteiger partial charge in [-0.3, -0.25) is 9.88 Å². The number of piperidine rings is 1. The lowest BCUT2D eigenvalue weighted by atomic mass is 9.78. The number of carboxylic acid groups (broad SMARTS) is 2. The molecule has 0 aliphatic carbocycles. The number of aromatic nitrogens is 1. The second kappa shape index (κ2) is 13.7. The number of aliphatic carboxylic acids is 2. The summed E-state index contributed by atoms with van der Waals surface area (Å²) < 4.78 is 75.0. The number of nitrogens with zero attached hydrogens (tertiary/aromatic N) is 2. The van der Waals surface area contributed by atoms with Gasteiger partial charge in [-0.1, -0.05) is 6.07 Å². The third-order valence-corrected chi connectivity index (χ3v) is 5.79. The molecule has 0 amide bonds. The third-order valence-electron chi connectivity index (χ3n) is 5.79. The molecule has 2 fully saturated rings. The van der Waals surface area contributed by atoms with E-state index in [-0.39, 0.29) is 5.60 Å². The van der Waals surface area contributed by atoms with Gasteiger partial charge in [0.15, 0.2) is 0 Å². The van der Waals surface area contributed by atoms with Gasteiger partial charge in [-0.2, -0.15) is 26.3 Å². The van der Waals surface area contributed by atoms with Crippen molar-refractivity contribution in [3.05, 3.63) is 29.6 Å². The summed E-state index contributed by atoms with van der Waals surface area (Å²) in [6.07, 6.45) is -5.54. The maximum Gasteiger partial charge on any atom is 0.490 e. The highest BCUT2D eigenvalue weighted by molar-refractivity contribution is 5.73. The van der Waals surface area contributed by atoms with Crippen LogP contribution in [0.5, 0.6) is 0 Å². The number of rotatable bonds is 5. The highest BCUT2D eigenvalue weighted by atomic mass is 19.4. The number of hydrogen-bond donors (Lipinski definition) is 2. The van der Waals surface area contributed by atoms with Gasteiger partial charge >= 0.3 is 24.3 Å². The van der Waals surface area contributed by atoms with Crippen LogP contribution in [-0.4, -0.2) is 83.4 Å². The van der Waals surface area contributed by atoms with Crippen LogP contribution in [0.3, 0.4) is 0 Å². The predicted molar refractivity (Wildman–Crippen MR) is 114 cm³/mol. The Kier molecular flexibility index (Phi) is 12.1. The van der Waals surface area contributed by atoms with E-state index in [4.69, 9.17) is 29.3 Å². The molecule has 0 bridgehead atoms. The van der Waals surface area contributed by atoms with Gasteiger partial charge in [-0.05, 0) is 50.7 Å². The molecule has 2 aliphatic rings. The van der Waals surface area contributed by atoms with E-state index in [2.05, 4.69) is 35.0 Å². The second-order valence-corrected chi connectivity index (χ2v) is 8.33. The number of methoxy groups -OCH3 is 1. The van der Waals surface area contributed by atoms with Crippen LogP contribution in [-0.2, 0) is 25.6 Å². The van der Waals surface area contributed by atoms with Crippen LogP contribution in [0.2, 0.25) is 0 Å². The first kappa shape index (κ1) is 31.6. The molecule has 1 aromatic rings. The zero-order chi connectivity index (χ0) is 27.6. The van der Waals surface area contributed by atoms with Crippen molar-refractivity contribution in [2.24, 2.45) is 5.92 Å². The molecule has 3 rings (SSSR count). The molecule has 14 heteroatoms. The van der Waals surface area contributed by atoms with Crippen molar-refractivity contribution in [2.75, 3.05) is 33.4 Å². The van der Waals surface area contributed by atoms with E-state index >= 15 is 0 Å². The average Bonchev–Trinajstić information content (AvgIpc) is 3.15. The summed E-state index contributed by atoms with van der Waals surface area (Å²) in [5.41, 5.74) is 2.40. The van der Waals surface area contributed by atoms with Crippen molar-refractivity contribution in [2.45, 2.75) is 57.1 Å². The van der Waals surface area contributed by atoms with Crippen LogP contribution in [0.15, 0.2) is 18.2 Å². The Labute approximate surface area is 204 Å². The molecule has 1 spiro atoms. The number of likely N-dealkylation sites (tertiary alicyclic amines) is 1. The molecule has 1 atom stereocenters. The Morgan fingerprint density at radius 2 is 1.64 bits per heavy atom. The zero-order valence-electron chi connectivity index (χ0n) is 19.9. The van der Waals surface area contributed by atoms with Crippen molar-refractivity contribution in [1.29, 1.82) is 0 Å². The van der Waals surface area contributed by atoms with E-state index in [9.17, 15) is 26.3 Å². The largest absolute Gasteiger partial charge is 0.490 e. The fourth-order valence-electron chi connectivity index (χ4n) is 4.01. The quantitative estimate of drug-likeness (QED) is 0.547. The molecule has 0 saturated carbocycles. The standard InChI is InChI=1S/C18H28N2O2.2C2HF3O2/c1-15-4-3-5-17(19-15)14-20-10-8-18(9-11-20)16(6-12-21-2)7-13-22-18;2*3-2(4,5)1(6)7/h3-5,16H,6-14H2,1-2H3;2*(H,6,7). The zero-order valence-corrected chi connectivity index (χ0v) is 19.9. The number of carbonyl (C=O) groups is 2. The molecule has 36 heavy (non-hydrogen) atoms. The minimum absolute atomic E-state index is 0.120. The fourth-order valence-corrected chi connectivity index (χ4v) is 4.01. The maximum atomic E-state index is 10.6. The van der Waals surface area contributed by atoms with Crippen molar-refractivity contribution >= 4 is 11.9 Å². The molecule has 3 heterocycles. The SMILES string of the molecule is COCCC1CCOC12CCN(Cc1cccc(C)n1)CC2.O=C(O)C(F)(F)F.O=C(O)C(F)(F)F. The molecule has 2 N–H and O–H groups in total. The molecule has 1 unspecified atom stereocenters. The minimum Gasteiger partial charge on any atom is -0.475 e. The van der Waals surface area contributed by atoms with Gasteiger partial charge in [-0.15, -0.1) is 0 Å². The van der Waals surface area contributed by atoms with Crippen molar-refractivity contribution in [3.8, 4) is 0 Å². The summed E-state index contributed by atoms with van der Waals surface area (Å²) in [6, 6.07) is 6.29. The van der Waals surface area contributed by atoms with Gasteiger partial charge in [0.1, 0.15) is 0 Å². The van der Waals surface area contributed by atoms with Crippen molar-refractivity contribution in [1.82, 2.24) is 9.88 Å². The van der Waals surface area contributed by atoms with Gasteiger partial charge in [0.05, 0.1) is 11.3 Å². The lowest BCUT2D eigenvalue weighted by Crippen LogP contribution is -2.47. The van der Waals surface area contributed by atoms with Crippen LogP contribution in [0, 0.1) is 12.8 Å². The highest BCUT2D eigenvalue weighted by Gasteiger charge is 2.45. The first-order valence-corrected chi connectivity index (χ1v) is 11.0. The first-order valence-electron chi connectivity index (χ1n) is 11.0. The number of halogens is 6. The molecule has 2 aliphatic heterocycles. The summed E-state index contributed by atoms with van der Waals surface area (Å²) in [5.74, 6) is -4.84. The fraction of sp³-hybridized carbons (Fsp3) is 0.682.